The minimum absolute atomic E-state index is 0.0187. The number of hydrogen-bond acceptors (Lipinski definition) is 3. The van der Waals surface area contributed by atoms with Crippen LogP contribution in [0.3, 0.4) is 0 Å². The molecule has 0 radical (unpaired) electrons. The number of oxime groups is 1. The third-order valence-corrected chi connectivity index (χ3v) is 3.03. The molecular weight excluding hydrogens is 276 g/mol. The molecule has 21 heavy (non-hydrogen) atoms. The molecule has 0 bridgehead atoms. The van der Waals surface area contributed by atoms with Crippen LogP contribution >= 0.6 is 0 Å². The molecule has 104 valence electrons. The number of hydrogen-bond donors (Lipinski definition) is 0. The van der Waals surface area contributed by atoms with Gasteiger partial charge in [-0.1, -0.05) is 35.5 Å². The Hall–Kier alpha value is -2.82. The van der Waals surface area contributed by atoms with Crippen LogP contribution in [0.5, 0.6) is 0 Å². The van der Waals surface area contributed by atoms with E-state index in [0.29, 0.717) is 0 Å². The number of nitrogens with zero attached hydrogens (tertiary/aromatic N) is 1. The van der Waals surface area contributed by atoms with Gasteiger partial charge in [0.25, 0.3) is 0 Å². The van der Waals surface area contributed by atoms with Crippen LogP contribution in [0.4, 0.5) is 8.78 Å². The Balaban J connectivity index is 2.09. The van der Waals surface area contributed by atoms with E-state index in [1.807, 2.05) is 0 Å². The fraction of sp³-hybridized carbons (Fsp3) is 0. The fourth-order valence-electron chi connectivity index (χ4n) is 2.00. The molecule has 3 rings (SSSR count). The molecule has 0 N–H and O–H groups in total. The van der Waals surface area contributed by atoms with E-state index in [9.17, 15) is 13.6 Å². The second-order valence-electron chi connectivity index (χ2n) is 4.38. The van der Waals surface area contributed by atoms with Crippen LogP contribution in [0.25, 0.3) is 6.08 Å². The van der Waals surface area contributed by atoms with E-state index >= 15 is 0 Å². The number of carbonyl (C=O) groups is 1. The zero-order valence-corrected chi connectivity index (χ0v) is 10.7. The molecule has 5 heteroatoms. The van der Waals surface area contributed by atoms with Crippen molar-refractivity contribution >= 4 is 17.8 Å². The second-order valence-corrected chi connectivity index (χ2v) is 4.38. The van der Waals surface area contributed by atoms with Crippen molar-refractivity contribution in [1.82, 2.24) is 0 Å². The highest BCUT2D eigenvalue weighted by Gasteiger charge is 2.28. The monoisotopic (exact) mass is 285 g/mol. The van der Waals surface area contributed by atoms with Crippen LogP contribution in [0.2, 0.25) is 0 Å². The van der Waals surface area contributed by atoms with Gasteiger partial charge in [0.15, 0.2) is 0 Å². The molecule has 0 unspecified atom stereocenters. The zero-order valence-electron chi connectivity index (χ0n) is 10.7. The quantitative estimate of drug-likeness (QED) is 0.627. The summed E-state index contributed by atoms with van der Waals surface area (Å²) in [6.07, 6.45) is 1.30. The van der Waals surface area contributed by atoms with Gasteiger partial charge in [0.2, 0.25) is 0 Å². The zero-order chi connectivity index (χ0) is 14.8. The lowest BCUT2D eigenvalue weighted by atomic mass is 10.00. The summed E-state index contributed by atoms with van der Waals surface area (Å²) in [5.41, 5.74) is 0.410. The summed E-state index contributed by atoms with van der Waals surface area (Å²) in [5, 5.41) is 3.59. The maximum absolute atomic E-state index is 13.8. The molecule has 0 spiro atoms. The van der Waals surface area contributed by atoms with Crippen LogP contribution in [-0.2, 0) is 9.63 Å². The van der Waals surface area contributed by atoms with Gasteiger partial charge in [-0.15, -0.1) is 0 Å². The van der Waals surface area contributed by atoms with Crippen molar-refractivity contribution in [3.05, 3.63) is 76.9 Å². The van der Waals surface area contributed by atoms with Crippen molar-refractivity contribution in [2.45, 2.75) is 0 Å². The lowest BCUT2D eigenvalue weighted by molar-refractivity contribution is -0.136. The van der Waals surface area contributed by atoms with Gasteiger partial charge in [-0.3, -0.25) is 0 Å². The van der Waals surface area contributed by atoms with E-state index in [1.54, 1.807) is 12.1 Å². The van der Waals surface area contributed by atoms with Gasteiger partial charge in [0, 0.05) is 11.1 Å². The van der Waals surface area contributed by atoms with E-state index in [-0.39, 0.29) is 22.4 Å². The van der Waals surface area contributed by atoms with Crippen LogP contribution in [-0.4, -0.2) is 11.7 Å². The Bertz CT molecular complexity index is 781. The predicted octanol–water partition coefficient (Wildman–Crippen LogP) is 3.31. The first kappa shape index (κ1) is 13.2. The highest BCUT2D eigenvalue weighted by molar-refractivity contribution is 6.31. The summed E-state index contributed by atoms with van der Waals surface area (Å²) < 4.78 is 27.5. The molecule has 0 saturated heterocycles. The van der Waals surface area contributed by atoms with Gasteiger partial charge < -0.3 is 4.84 Å². The van der Waals surface area contributed by atoms with Crippen molar-refractivity contribution in [3.63, 3.8) is 0 Å². The topological polar surface area (TPSA) is 38.7 Å². The van der Waals surface area contributed by atoms with Crippen molar-refractivity contribution in [1.29, 1.82) is 0 Å². The third kappa shape index (κ3) is 2.45. The summed E-state index contributed by atoms with van der Waals surface area (Å²) in [6.45, 7) is 0. The number of halogens is 2. The van der Waals surface area contributed by atoms with E-state index in [1.165, 1.54) is 42.5 Å². The lowest BCUT2D eigenvalue weighted by Crippen LogP contribution is -2.08. The standard InChI is InChI=1S/C16H9F2NO2/c17-13-7-3-1-5-10(13)9-12-15(19-21-16(12)20)11-6-2-4-8-14(11)18/h1-9H/b12-9-. The minimum Gasteiger partial charge on any atom is -0.312 e. The van der Waals surface area contributed by atoms with Crippen LogP contribution in [0.15, 0.2) is 59.3 Å². The molecule has 0 aromatic heterocycles. The SMILES string of the molecule is O=C1ON=C(c2ccccc2F)/C1=C/c1ccccc1F. The lowest BCUT2D eigenvalue weighted by Gasteiger charge is -2.02. The predicted molar refractivity (Wildman–Crippen MR) is 73.4 cm³/mol. The average molecular weight is 285 g/mol. The van der Waals surface area contributed by atoms with Gasteiger partial charge in [0.1, 0.15) is 17.3 Å². The second kappa shape index (κ2) is 5.28. The molecule has 0 fully saturated rings. The average Bonchev–Trinajstić information content (AvgIpc) is 2.83. The van der Waals surface area contributed by atoms with Crippen molar-refractivity contribution < 1.29 is 18.4 Å². The van der Waals surface area contributed by atoms with Gasteiger partial charge >= 0.3 is 5.97 Å². The molecule has 0 saturated carbocycles. The molecular formula is C16H9F2NO2. The number of carbonyl (C=O) groups excluding carboxylic acids is 1. The summed E-state index contributed by atoms with van der Waals surface area (Å²) >= 11 is 0. The maximum Gasteiger partial charge on any atom is 0.368 e. The third-order valence-electron chi connectivity index (χ3n) is 3.03. The molecule has 0 amide bonds. The van der Waals surface area contributed by atoms with Gasteiger partial charge in [-0.05, 0) is 24.3 Å². The normalized spacial score (nSPS) is 16.0. The summed E-state index contributed by atoms with van der Waals surface area (Å²) in [4.78, 5) is 16.3. The highest BCUT2D eigenvalue weighted by Crippen LogP contribution is 2.23. The Morgan fingerprint density at radius 2 is 1.62 bits per heavy atom. The minimum atomic E-state index is -0.739. The van der Waals surface area contributed by atoms with Crippen LogP contribution in [0, 0.1) is 11.6 Å². The summed E-state index contributed by atoms with van der Waals surface area (Å²) in [6, 6.07) is 11.8. The van der Waals surface area contributed by atoms with E-state index in [4.69, 9.17) is 0 Å². The van der Waals surface area contributed by atoms with Crippen molar-refractivity contribution in [2.24, 2.45) is 5.16 Å². The molecule has 2 aromatic carbocycles. The molecule has 0 atom stereocenters. The summed E-state index contributed by atoms with van der Waals surface area (Å²) in [5.74, 6) is -1.76. The molecule has 1 aliphatic rings. The smallest absolute Gasteiger partial charge is 0.312 e. The first-order chi connectivity index (χ1) is 10.2. The Kier molecular flexibility index (Phi) is 3.31. The van der Waals surface area contributed by atoms with Crippen molar-refractivity contribution in [2.75, 3.05) is 0 Å². The van der Waals surface area contributed by atoms with Crippen LogP contribution < -0.4 is 0 Å². The molecule has 3 nitrogen and oxygen atoms in total. The Morgan fingerprint density at radius 3 is 2.33 bits per heavy atom. The van der Waals surface area contributed by atoms with Crippen molar-refractivity contribution in [3.8, 4) is 0 Å². The number of benzene rings is 2. The van der Waals surface area contributed by atoms with E-state index in [0.717, 1.165) is 0 Å². The van der Waals surface area contributed by atoms with Gasteiger partial charge in [-0.25, -0.2) is 13.6 Å². The molecule has 2 aromatic rings. The largest absolute Gasteiger partial charge is 0.368 e. The molecule has 1 heterocycles. The first-order valence-corrected chi connectivity index (χ1v) is 6.17. The van der Waals surface area contributed by atoms with Gasteiger partial charge in [-0.2, -0.15) is 0 Å². The van der Waals surface area contributed by atoms with E-state index < -0.39 is 17.6 Å². The highest BCUT2D eigenvalue weighted by atomic mass is 19.1. The molecule has 1 aliphatic heterocycles. The number of rotatable bonds is 2. The summed E-state index contributed by atoms with van der Waals surface area (Å²) in [7, 11) is 0. The Labute approximate surface area is 119 Å². The fourth-order valence-corrected chi connectivity index (χ4v) is 2.00. The van der Waals surface area contributed by atoms with Crippen LogP contribution in [0.1, 0.15) is 11.1 Å². The maximum atomic E-state index is 13.8. The first-order valence-electron chi connectivity index (χ1n) is 6.17. The molecule has 0 aliphatic carbocycles. The van der Waals surface area contributed by atoms with E-state index in [2.05, 4.69) is 9.99 Å². The Morgan fingerprint density at radius 1 is 0.952 bits per heavy atom. The van der Waals surface area contributed by atoms with Gasteiger partial charge in [0.05, 0.1) is 5.57 Å².